The number of aromatic amines is 1. The van der Waals surface area contributed by atoms with E-state index in [2.05, 4.69) is 15.6 Å². The zero-order valence-electron chi connectivity index (χ0n) is 19.3. The van der Waals surface area contributed by atoms with Gasteiger partial charge in [-0.15, -0.1) is 0 Å². The van der Waals surface area contributed by atoms with E-state index < -0.39 is 6.04 Å². The van der Waals surface area contributed by atoms with Crippen LogP contribution < -0.4 is 15.5 Å². The van der Waals surface area contributed by atoms with E-state index in [1.807, 2.05) is 62.5 Å². The maximum Gasteiger partial charge on any atom is 0.242 e. The Morgan fingerprint density at radius 3 is 2.70 bits per heavy atom. The predicted molar refractivity (Wildman–Crippen MR) is 129 cm³/mol. The number of piperidine rings is 1. The molecule has 1 unspecified atom stereocenters. The van der Waals surface area contributed by atoms with E-state index in [1.54, 1.807) is 11.9 Å². The lowest BCUT2D eigenvalue weighted by molar-refractivity contribution is -0.132. The maximum absolute atomic E-state index is 13.2. The van der Waals surface area contributed by atoms with Crippen molar-refractivity contribution in [1.29, 1.82) is 0 Å². The SMILES string of the molecule is CNC(=O)[C@H](Cc1c[nH]c2ccccc12)NC(=O)C1CCC(=O)N(c2ccc(C)c(C)c2)C1. The first-order valence-corrected chi connectivity index (χ1v) is 11.3. The molecule has 0 spiro atoms. The Hall–Kier alpha value is -3.61. The number of aromatic nitrogens is 1. The first kappa shape index (κ1) is 22.6. The van der Waals surface area contributed by atoms with E-state index >= 15 is 0 Å². The van der Waals surface area contributed by atoms with Crippen molar-refractivity contribution in [3.8, 4) is 0 Å². The molecule has 4 rings (SSSR count). The van der Waals surface area contributed by atoms with E-state index in [0.717, 1.165) is 33.3 Å². The third kappa shape index (κ3) is 4.77. The lowest BCUT2D eigenvalue weighted by atomic mass is 9.94. The fraction of sp³-hybridized carbons (Fsp3) is 0.346. The number of amides is 3. The first-order valence-electron chi connectivity index (χ1n) is 11.3. The lowest BCUT2D eigenvalue weighted by Gasteiger charge is -2.33. The van der Waals surface area contributed by atoms with Crippen LogP contribution >= 0.6 is 0 Å². The largest absolute Gasteiger partial charge is 0.361 e. The van der Waals surface area contributed by atoms with E-state index in [4.69, 9.17) is 0 Å². The quantitative estimate of drug-likeness (QED) is 0.543. The number of nitrogens with one attached hydrogen (secondary N) is 3. The van der Waals surface area contributed by atoms with Gasteiger partial charge in [-0.05, 0) is 55.2 Å². The summed E-state index contributed by atoms with van der Waals surface area (Å²) in [7, 11) is 1.57. The van der Waals surface area contributed by atoms with Crippen molar-refractivity contribution < 1.29 is 14.4 Å². The van der Waals surface area contributed by atoms with E-state index in [1.165, 1.54) is 0 Å². The molecule has 1 aliphatic heterocycles. The second kappa shape index (κ2) is 9.48. The zero-order valence-corrected chi connectivity index (χ0v) is 19.3. The number of aryl methyl sites for hydroxylation is 2. The van der Waals surface area contributed by atoms with Crippen molar-refractivity contribution in [2.24, 2.45) is 5.92 Å². The van der Waals surface area contributed by atoms with Gasteiger partial charge in [0.2, 0.25) is 17.7 Å². The van der Waals surface area contributed by atoms with Crippen LogP contribution in [0.5, 0.6) is 0 Å². The van der Waals surface area contributed by atoms with Crippen molar-refractivity contribution in [3.63, 3.8) is 0 Å². The van der Waals surface area contributed by atoms with Gasteiger partial charge in [0.1, 0.15) is 6.04 Å². The summed E-state index contributed by atoms with van der Waals surface area (Å²) in [6.45, 7) is 4.34. The minimum Gasteiger partial charge on any atom is -0.361 e. The Labute approximate surface area is 193 Å². The number of benzene rings is 2. The molecule has 2 aromatic carbocycles. The third-order valence-electron chi connectivity index (χ3n) is 6.56. The van der Waals surface area contributed by atoms with E-state index in [-0.39, 0.29) is 23.6 Å². The summed E-state index contributed by atoms with van der Waals surface area (Å²) < 4.78 is 0. The highest BCUT2D eigenvalue weighted by atomic mass is 16.2. The zero-order chi connectivity index (χ0) is 23.5. The molecule has 0 bridgehead atoms. The van der Waals surface area contributed by atoms with Gasteiger partial charge in [-0.25, -0.2) is 0 Å². The molecule has 3 amide bonds. The van der Waals surface area contributed by atoms with Gasteiger partial charge in [-0.2, -0.15) is 0 Å². The molecule has 33 heavy (non-hydrogen) atoms. The summed E-state index contributed by atoms with van der Waals surface area (Å²) in [6.07, 6.45) is 3.03. The minimum absolute atomic E-state index is 0.0175. The molecule has 1 fully saturated rings. The lowest BCUT2D eigenvalue weighted by Crippen LogP contribution is -2.52. The number of anilines is 1. The summed E-state index contributed by atoms with van der Waals surface area (Å²) in [5, 5.41) is 6.64. The Bertz CT molecular complexity index is 1200. The monoisotopic (exact) mass is 446 g/mol. The molecule has 3 aromatic rings. The molecule has 0 saturated carbocycles. The van der Waals surface area contributed by atoms with Crippen molar-refractivity contribution in [2.75, 3.05) is 18.5 Å². The van der Waals surface area contributed by atoms with Crippen molar-refractivity contribution >= 4 is 34.3 Å². The van der Waals surface area contributed by atoms with Crippen LogP contribution in [0.1, 0.15) is 29.5 Å². The molecule has 0 radical (unpaired) electrons. The Morgan fingerprint density at radius 1 is 1.15 bits per heavy atom. The van der Waals surface area contributed by atoms with Crippen LogP contribution in [0.4, 0.5) is 5.69 Å². The van der Waals surface area contributed by atoms with Gasteiger partial charge in [-0.1, -0.05) is 24.3 Å². The molecule has 7 heteroatoms. The van der Waals surface area contributed by atoms with Crippen molar-refractivity contribution in [1.82, 2.24) is 15.6 Å². The summed E-state index contributed by atoms with van der Waals surface area (Å²) in [5.74, 6) is -0.806. The number of para-hydroxylation sites is 1. The maximum atomic E-state index is 13.2. The summed E-state index contributed by atoms with van der Waals surface area (Å²) in [5.41, 5.74) is 5.02. The summed E-state index contributed by atoms with van der Waals surface area (Å²) in [4.78, 5) is 43.3. The molecule has 1 saturated heterocycles. The normalized spacial score (nSPS) is 17.1. The number of likely N-dealkylation sites (N-methyl/N-ethyl adjacent to an activating group) is 1. The van der Waals surface area contributed by atoms with Gasteiger partial charge < -0.3 is 20.5 Å². The number of carbonyl (C=O) groups excluding carboxylic acids is 3. The molecule has 7 nitrogen and oxygen atoms in total. The van der Waals surface area contributed by atoms with Gasteiger partial charge in [-0.3, -0.25) is 14.4 Å². The Morgan fingerprint density at radius 2 is 1.94 bits per heavy atom. The average molecular weight is 447 g/mol. The van der Waals surface area contributed by atoms with Gasteiger partial charge in [0.05, 0.1) is 5.92 Å². The molecule has 3 N–H and O–H groups in total. The molecule has 1 aliphatic rings. The highest BCUT2D eigenvalue weighted by Crippen LogP contribution is 2.26. The molecule has 0 aliphatic carbocycles. The van der Waals surface area contributed by atoms with Crippen LogP contribution in [0.3, 0.4) is 0 Å². The summed E-state index contributed by atoms with van der Waals surface area (Å²) >= 11 is 0. The second-order valence-corrected chi connectivity index (χ2v) is 8.75. The Kier molecular flexibility index (Phi) is 6.49. The second-order valence-electron chi connectivity index (χ2n) is 8.75. The van der Waals surface area contributed by atoms with Crippen molar-refractivity contribution in [2.45, 2.75) is 39.2 Å². The third-order valence-corrected chi connectivity index (χ3v) is 6.56. The summed E-state index contributed by atoms with van der Waals surface area (Å²) in [6, 6.07) is 13.1. The number of rotatable bonds is 6. The minimum atomic E-state index is -0.700. The van der Waals surface area contributed by atoms with Crippen LogP contribution in [0.2, 0.25) is 0 Å². The van der Waals surface area contributed by atoms with Gasteiger partial charge in [0.25, 0.3) is 0 Å². The highest BCUT2D eigenvalue weighted by Gasteiger charge is 2.33. The van der Waals surface area contributed by atoms with E-state index in [9.17, 15) is 14.4 Å². The fourth-order valence-electron chi connectivity index (χ4n) is 4.40. The fourth-order valence-corrected chi connectivity index (χ4v) is 4.40. The van der Waals surface area contributed by atoms with Crippen LogP contribution in [0.15, 0.2) is 48.7 Å². The highest BCUT2D eigenvalue weighted by molar-refractivity contribution is 5.97. The number of fused-ring (bicyclic) bond motifs is 1. The number of hydrogen-bond acceptors (Lipinski definition) is 3. The van der Waals surface area contributed by atoms with E-state index in [0.29, 0.717) is 25.8 Å². The standard InChI is InChI=1S/C26H30N4O3/c1-16-8-10-20(12-17(16)2)30-15-18(9-11-24(30)31)25(32)29-23(26(33)27-3)13-19-14-28-22-7-5-4-6-21(19)22/h4-8,10,12,14,18,23,28H,9,11,13,15H2,1-3H3,(H,27,33)(H,29,32)/t18?,23-/m0/s1. The first-order chi connectivity index (χ1) is 15.9. The molecule has 2 heterocycles. The molecule has 1 aromatic heterocycles. The van der Waals surface area contributed by atoms with Crippen LogP contribution in [-0.2, 0) is 20.8 Å². The topological polar surface area (TPSA) is 94.3 Å². The van der Waals surface area contributed by atoms with Gasteiger partial charge in [0, 0.05) is 49.2 Å². The number of hydrogen-bond donors (Lipinski definition) is 3. The van der Waals surface area contributed by atoms with Gasteiger partial charge >= 0.3 is 0 Å². The average Bonchev–Trinajstić information content (AvgIpc) is 3.23. The smallest absolute Gasteiger partial charge is 0.242 e. The molecular formula is C26H30N4O3. The number of H-pyrrole nitrogens is 1. The Balaban J connectivity index is 1.49. The predicted octanol–water partition coefficient (Wildman–Crippen LogP) is 3.00. The van der Waals surface area contributed by atoms with Crippen molar-refractivity contribution in [3.05, 3.63) is 65.4 Å². The molecule has 172 valence electrons. The number of nitrogens with zero attached hydrogens (tertiary/aromatic N) is 1. The van der Waals surface area contributed by atoms with Crippen LogP contribution in [-0.4, -0.2) is 42.3 Å². The molecular weight excluding hydrogens is 416 g/mol. The molecule has 2 atom stereocenters. The van der Waals surface area contributed by atoms with Crippen LogP contribution in [0.25, 0.3) is 10.9 Å². The van der Waals surface area contributed by atoms with Crippen LogP contribution in [0, 0.1) is 19.8 Å². The number of carbonyl (C=O) groups is 3. The van der Waals surface area contributed by atoms with Gasteiger partial charge in [0.15, 0.2) is 0 Å².